The first-order valence-corrected chi connectivity index (χ1v) is 5.42. The van der Waals surface area contributed by atoms with Gasteiger partial charge in [-0.1, -0.05) is 15.9 Å². The van der Waals surface area contributed by atoms with Crippen molar-refractivity contribution in [1.29, 1.82) is 0 Å². The van der Waals surface area contributed by atoms with E-state index in [0.717, 1.165) is 21.3 Å². The van der Waals surface area contributed by atoms with Gasteiger partial charge in [-0.2, -0.15) is 0 Å². The Hall–Kier alpha value is -1.23. The minimum Gasteiger partial charge on any atom is -0.465 e. The molecule has 0 aliphatic carbocycles. The lowest BCUT2D eigenvalue weighted by molar-refractivity contribution is 0.140. The summed E-state index contributed by atoms with van der Waals surface area (Å²) in [6.45, 7) is 0.947. The first-order chi connectivity index (χ1) is 7.08. The van der Waals surface area contributed by atoms with Crippen LogP contribution in [-0.4, -0.2) is 22.6 Å². The molecule has 1 heterocycles. The Morgan fingerprint density at radius 2 is 2.27 bits per heavy atom. The van der Waals surface area contributed by atoms with E-state index in [2.05, 4.69) is 15.9 Å². The van der Waals surface area contributed by atoms with Crippen molar-refractivity contribution in [2.75, 3.05) is 12.3 Å². The van der Waals surface area contributed by atoms with Gasteiger partial charge < -0.3 is 15.7 Å². The molecule has 1 aliphatic rings. The number of benzene rings is 1. The Kier molecular flexibility index (Phi) is 2.56. The summed E-state index contributed by atoms with van der Waals surface area (Å²) in [7, 11) is 0. The molecule has 15 heavy (non-hydrogen) atoms. The van der Waals surface area contributed by atoms with Gasteiger partial charge in [0, 0.05) is 23.2 Å². The van der Waals surface area contributed by atoms with Crippen LogP contribution in [0.15, 0.2) is 16.6 Å². The zero-order valence-electron chi connectivity index (χ0n) is 8.03. The highest BCUT2D eigenvalue weighted by atomic mass is 79.9. The van der Waals surface area contributed by atoms with Crippen molar-refractivity contribution in [3.8, 4) is 0 Å². The maximum atomic E-state index is 10.8. The van der Waals surface area contributed by atoms with Crippen molar-refractivity contribution in [3.05, 3.63) is 27.7 Å². The summed E-state index contributed by atoms with van der Waals surface area (Å²) in [5.41, 5.74) is 8.68. The van der Waals surface area contributed by atoms with Gasteiger partial charge in [-0.3, -0.25) is 0 Å². The fraction of sp³-hybridized carbons (Fsp3) is 0.300. The van der Waals surface area contributed by atoms with E-state index in [1.807, 2.05) is 12.1 Å². The highest BCUT2D eigenvalue weighted by Gasteiger charge is 2.21. The van der Waals surface area contributed by atoms with Gasteiger partial charge in [0.05, 0.1) is 0 Å². The first-order valence-electron chi connectivity index (χ1n) is 4.62. The number of rotatable bonds is 0. The van der Waals surface area contributed by atoms with E-state index < -0.39 is 6.09 Å². The van der Waals surface area contributed by atoms with Crippen LogP contribution in [0.2, 0.25) is 0 Å². The summed E-state index contributed by atoms with van der Waals surface area (Å²) >= 11 is 3.35. The van der Waals surface area contributed by atoms with Crippen LogP contribution in [-0.2, 0) is 13.0 Å². The maximum absolute atomic E-state index is 10.8. The molecule has 0 radical (unpaired) electrons. The predicted octanol–water partition coefficient (Wildman–Crippen LogP) is 2.07. The molecule has 0 atom stereocenters. The third-order valence-corrected chi connectivity index (χ3v) is 3.06. The third kappa shape index (κ3) is 1.92. The highest BCUT2D eigenvalue weighted by molar-refractivity contribution is 9.10. The van der Waals surface area contributed by atoms with Crippen LogP contribution in [0.25, 0.3) is 0 Å². The van der Waals surface area contributed by atoms with Gasteiger partial charge in [0.25, 0.3) is 0 Å². The molecule has 4 nitrogen and oxygen atoms in total. The lowest BCUT2D eigenvalue weighted by atomic mass is 9.98. The number of hydrogen-bond acceptors (Lipinski definition) is 2. The van der Waals surface area contributed by atoms with E-state index in [-0.39, 0.29) is 0 Å². The Labute approximate surface area is 95.8 Å². The normalized spacial score (nSPS) is 14.9. The fourth-order valence-corrected chi connectivity index (χ4v) is 2.38. The molecule has 1 aromatic carbocycles. The second-order valence-corrected chi connectivity index (χ2v) is 4.50. The van der Waals surface area contributed by atoms with Gasteiger partial charge >= 0.3 is 6.09 Å². The molecule has 0 aromatic heterocycles. The second kappa shape index (κ2) is 3.73. The van der Waals surface area contributed by atoms with Crippen molar-refractivity contribution in [2.45, 2.75) is 13.0 Å². The largest absolute Gasteiger partial charge is 0.465 e. The molecule has 0 saturated carbocycles. The molecular weight excluding hydrogens is 260 g/mol. The van der Waals surface area contributed by atoms with Crippen LogP contribution >= 0.6 is 15.9 Å². The zero-order chi connectivity index (χ0) is 11.0. The summed E-state index contributed by atoms with van der Waals surface area (Å²) < 4.78 is 0.894. The quantitative estimate of drug-likeness (QED) is 0.710. The molecule has 0 fully saturated rings. The van der Waals surface area contributed by atoms with Crippen LogP contribution in [0.1, 0.15) is 11.1 Å². The predicted molar refractivity (Wildman–Crippen MR) is 60.7 cm³/mol. The van der Waals surface area contributed by atoms with Gasteiger partial charge in [-0.15, -0.1) is 0 Å². The van der Waals surface area contributed by atoms with Crippen LogP contribution < -0.4 is 5.73 Å². The lowest BCUT2D eigenvalue weighted by Gasteiger charge is -2.27. The Morgan fingerprint density at radius 3 is 2.93 bits per heavy atom. The maximum Gasteiger partial charge on any atom is 0.407 e. The van der Waals surface area contributed by atoms with Gasteiger partial charge in [0.2, 0.25) is 0 Å². The Bertz CT molecular complexity index is 420. The minimum absolute atomic E-state index is 0.425. The van der Waals surface area contributed by atoms with E-state index in [9.17, 15) is 4.79 Å². The first kappa shape index (κ1) is 10.3. The molecule has 5 heteroatoms. The fourth-order valence-electron chi connectivity index (χ4n) is 1.86. The summed E-state index contributed by atoms with van der Waals surface area (Å²) in [5, 5.41) is 8.89. The number of halogens is 1. The van der Waals surface area contributed by atoms with Crippen LogP contribution in [0.3, 0.4) is 0 Å². The number of nitrogen functional groups attached to an aromatic ring is 1. The van der Waals surface area contributed by atoms with Crippen molar-refractivity contribution >= 4 is 27.7 Å². The third-order valence-electron chi connectivity index (χ3n) is 2.61. The number of fused-ring (bicyclic) bond motifs is 1. The molecule has 2 rings (SSSR count). The van der Waals surface area contributed by atoms with Gasteiger partial charge in [-0.25, -0.2) is 4.79 Å². The Balaban J connectivity index is 2.37. The van der Waals surface area contributed by atoms with Gasteiger partial charge in [-0.05, 0) is 29.7 Å². The smallest absolute Gasteiger partial charge is 0.407 e. The SMILES string of the molecule is Nc1cc(Br)cc2c1CCN(C(=O)O)C2. The topological polar surface area (TPSA) is 66.6 Å². The average molecular weight is 271 g/mol. The molecule has 1 aromatic rings. The number of nitrogens with two attached hydrogens (primary N) is 1. The number of nitrogens with zero attached hydrogens (tertiary/aromatic N) is 1. The molecule has 3 N–H and O–H groups in total. The summed E-state index contributed by atoms with van der Waals surface area (Å²) in [4.78, 5) is 12.2. The van der Waals surface area contributed by atoms with Crippen LogP contribution in [0.4, 0.5) is 10.5 Å². The molecule has 0 saturated heterocycles. The van der Waals surface area contributed by atoms with Crippen molar-refractivity contribution in [2.24, 2.45) is 0 Å². The van der Waals surface area contributed by atoms with E-state index in [1.54, 1.807) is 0 Å². The molecular formula is C10H11BrN2O2. The average Bonchev–Trinajstić information content (AvgIpc) is 2.16. The van der Waals surface area contributed by atoms with E-state index in [0.29, 0.717) is 19.5 Å². The summed E-state index contributed by atoms with van der Waals surface area (Å²) in [6, 6.07) is 3.79. The van der Waals surface area contributed by atoms with Crippen molar-refractivity contribution in [3.63, 3.8) is 0 Å². The summed E-state index contributed by atoms with van der Waals surface area (Å²) in [6.07, 6.45) is -0.181. The van der Waals surface area contributed by atoms with Gasteiger partial charge in [0.1, 0.15) is 0 Å². The van der Waals surface area contributed by atoms with Crippen molar-refractivity contribution in [1.82, 2.24) is 4.90 Å². The number of anilines is 1. The lowest BCUT2D eigenvalue weighted by Crippen LogP contribution is -2.35. The van der Waals surface area contributed by atoms with Crippen LogP contribution in [0.5, 0.6) is 0 Å². The standard InChI is InChI=1S/C10H11BrN2O2/c11-7-3-6-5-13(10(14)15)2-1-8(6)9(12)4-7/h3-4H,1-2,5,12H2,(H,14,15). The number of carboxylic acid groups (broad SMARTS) is 1. The molecule has 1 aliphatic heterocycles. The molecule has 0 bridgehead atoms. The number of carbonyl (C=O) groups is 1. The van der Waals surface area contributed by atoms with E-state index in [4.69, 9.17) is 10.8 Å². The van der Waals surface area contributed by atoms with Crippen LogP contribution in [0, 0.1) is 0 Å². The monoisotopic (exact) mass is 270 g/mol. The summed E-state index contributed by atoms with van der Waals surface area (Å²) in [5.74, 6) is 0. The number of hydrogen-bond donors (Lipinski definition) is 2. The van der Waals surface area contributed by atoms with E-state index >= 15 is 0 Å². The van der Waals surface area contributed by atoms with E-state index in [1.165, 1.54) is 4.90 Å². The second-order valence-electron chi connectivity index (χ2n) is 3.59. The molecule has 80 valence electrons. The van der Waals surface area contributed by atoms with Crippen molar-refractivity contribution < 1.29 is 9.90 Å². The molecule has 0 spiro atoms. The van der Waals surface area contributed by atoms with Gasteiger partial charge in [0.15, 0.2) is 0 Å². The zero-order valence-corrected chi connectivity index (χ0v) is 9.62. The minimum atomic E-state index is -0.876. The molecule has 0 unspecified atom stereocenters. The highest BCUT2D eigenvalue weighted by Crippen LogP contribution is 2.28. The number of amides is 1. The molecule has 1 amide bonds. The Morgan fingerprint density at radius 1 is 1.53 bits per heavy atom.